The molecule has 74 valence electrons. The van der Waals surface area contributed by atoms with E-state index in [9.17, 15) is 0 Å². The maximum Gasteiger partial charge on any atom is 0.116 e. The zero-order chi connectivity index (χ0) is 9.97. The molecule has 0 aliphatic heterocycles. The summed E-state index contributed by atoms with van der Waals surface area (Å²) < 4.78 is 0. The number of nitrogen functional groups attached to an aromatic ring is 1. The minimum atomic E-state index is 0.668. The number of hydrogen-bond donors (Lipinski definition) is 1. The fourth-order valence-electron chi connectivity index (χ4n) is 1.31. The molecule has 2 N–H and O–H groups in total. The van der Waals surface area contributed by atoms with Gasteiger partial charge in [-0.3, -0.25) is 0 Å². The number of nitrogens with two attached hydrogens (primary N) is 1. The number of anilines is 1. The Morgan fingerprint density at radius 3 is 3.14 bits per heavy atom. The van der Waals surface area contributed by atoms with Crippen LogP contribution in [0.1, 0.15) is 13.3 Å². The molecule has 2 aromatic rings. The van der Waals surface area contributed by atoms with Crippen LogP contribution in [0.2, 0.25) is 0 Å². The van der Waals surface area contributed by atoms with E-state index in [-0.39, 0.29) is 0 Å². The van der Waals surface area contributed by atoms with Gasteiger partial charge in [0, 0.05) is 11.1 Å². The summed E-state index contributed by atoms with van der Waals surface area (Å²) in [7, 11) is 0. The Kier molecular flexibility index (Phi) is 2.26. The lowest BCUT2D eigenvalue weighted by Gasteiger charge is -2.04. The molecule has 4 nitrogen and oxygen atoms in total. The second-order valence-corrected chi connectivity index (χ2v) is 3.17. The second-order valence-electron chi connectivity index (χ2n) is 3.17. The molecule has 0 spiro atoms. The van der Waals surface area contributed by atoms with Gasteiger partial charge in [0.15, 0.2) is 0 Å². The molecule has 1 aromatic carbocycles. The highest BCUT2D eigenvalue weighted by Gasteiger charge is 2.02. The zero-order valence-corrected chi connectivity index (χ0v) is 8.10. The van der Waals surface area contributed by atoms with Gasteiger partial charge in [0.25, 0.3) is 0 Å². The SMILES string of the molecule is CCCOn1ncc2cc(N)ccc21. The number of aromatic nitrogens is 2. The quantitative estimate of drug-likeness (QED) is 0.747. The van der Waals surface area contributed by atoms with Crippen LogP contribution in [0.25, 0.3) is 10.9 Å². The minimum Gasteiger partial charge on any atom is -0.399 e. The van der Waals surface area contributed by atoms with Gasteiger partial charge in [0.1, 0.15) is 12.1 Å². The van der Waals surface area contributed by atoms with Gasteiger partial charge in [-0.2, -0.15) is 0 Å². The standard InChI is InChI=1S/C10H13N3O/c1-2-5-14-13-10-4-3-9(11)6-8(10)7-12-13/h3-4,6-7H,2,5,11H2,1H3. The number of hydrogen-bond acceptors (Lipinski definition) is 3. The maximum atomic E-state index is 5.66. The summed E-state index contributed by atoms with van der Waals surface area (Å²) in [5.74, 6) is 0. The Hall–Kier alpha value is -1.71. The van der Waals surface area contributed by atoms with E-state index in [0.717, 1.165) is 23.0 Å². The lowest BCUT2D eigenvalue weighted by Crippen LogP contribution is -2.13. The Morgan fingerprint density at radius 1 is 1.50 bits per heavy atom. The molecule has 0 aliphatic carbocycles. The van der Waals surface area contributed by atoms with Crippen molar-refractivity contribution < 1.29 is 4.84 Å². The smallest absolute Gasteiger partial charge is 0.116 e. The third-order valence-corrected chi connectivity index (χ3v) is 1.98. The molecular weight excluding hydrogens is 178 g/mol. The van der Waals surface area contributed by atoms with Crippen LogP contribution in [0.3, 0.4) is 0 Å². The summed E-state index contributed by atoms with van der Waals surface area (Å²) in [6.45, 7) is 2.73. The first-order valence-corrected chi connectivity index (χ1v) is 4.68. The van der Waals surface area contributed by atoms with Gasteiger partial charge in [-0.1, -0.05) is 11.8 Å². The summed E-state index contributed by atoms with van der Waals surface area (Å²) in [6, 6.07) is 5.64. The first-order chi connectivity index (χ1) is 6.81. The van der Waals surface area contributed by atoms with Gasteiger partial charge in [-0.15, -0.1) is 5.10 Å². The van der Waals surface area contributed by atoms with Gasteiger partial charge in [0.2, 0.25) is 0 Å². The highest BCUT2D eigenvalue weighted by Crippen LogP contribution is 2.15. The van der Waals surface area contributed by atoms with Crippen molar-refractivity contribution >= 4 is 16.6 Å². The molecule has 0 amide bonds. The van der Waals surface area contributed by atoms with E-state index in [4.69, 9.17) is 10.6 Å². The predicted molar refractivity (Wildman–Crippen MR) is 55.9 cm³/mol. The van der Waals surface area contributed by atoms with Crippen molar-refractivity contribution in [2.45, 2.75) is 13.3 Å². The van der Waals surface area contributed by atoms with Gasteiger partial charge in [-0.25, -0.2) is 0 Å². The fourth-order valence-corrected chi connectivity index (χ4v) is 1.31. The molecule has 14 heavy (non-hydrogen) atoms. The van der Waals surface area contributed by atoms with Gasteiger partial charge >= 0.3 is 0 Å². The molecule has 1 aromatic heterocycles. The molecule has 0 fully saturated rings. The Labute approximate surface area is 82.2 Å². The van der Waals surface area contributed by atoms with Crippen LogP contribution in [-0.4, -0.2) is 16.6 Å². The minimum absolute atomic E-state index is 0.668. The molecule has 0 saturated heterocycles. The van der Waals surface area contributed by atoms with Crippen LogP contribution < -0.4 is 10.6 Å². The molecule has 4 heteroatoms. The van der Waals surface area contributed by atoms with Crippen molar-refractivity contribution in [1.29, 1.82) is 0 Å². The van der Waals surface area contributed by atoms with Crippen LogP contribution >= 0.6 is 0 Å². The highest BCUT2D eigenvalue weighted by atomic mass is 16.7. The number of benzene rings is 1. The number of fused-ring (bicyclic) bond motifs is 1. The fraction of sp³-hybridized carbons (Fsp3) is 0.300. The summed E-state index contributed by atoms with van der Waals surface area (Å²) in [5, 5.41) is 5.11. The molecule has 0 unspecified atom stereocenters. The molecule has 1 heterocycles. The van der Waals surface area contributed by atoms with Crippen molar-refractivity contribution in [2.24, 2.45) is 0 Å². The monoisotopic (exact) mass is 191 g/mol. The molecule has 0 bridgehead atoms. The Bertz CT molecular complexity index is 436. The van der Waals surface area contributed by atoms with E-state index < -0.39 is 0 Å². The van der Waals surface area contributed by atoms with Crippen LogP contribution in [-0.2, 0) is 0 Å². The van der Waals surface area contributed by atoms with E-state index in [2.05, 4.69) is 12.0 Å². The Balaban J connectivity index is 2.37. The van der Waals surface area contributed by atoms with E-state index >= 15 is 0 Å². The van der Waals surface area contributed by atoms with E-state index in [0.29, 0.717) is 6.61 Å². The lowest BCUT2D eigenvalue weighted by atomic mass is 10.2. The van der Waals surface area contributed by atoms with Gasteiger partial charge in [-0.05, 0) is 24.6 Å². The lowest BCUT2D eigenvalue weighted by molar-refractivity contribution is 0.0924. The first-order valence-electron chi connectivity index (χ1n) is 4.68. The van der Waals surface area contributed by atoms with Crippen molar-refractivity contribution in [3.05, 3.63) is 24.4 Å². The maximum absolute atomic E-state index is 5.66. The Morgan fingerprint density at radius 2 is 2.36 bits per heavy atom. The van der Waals surface area contributed by atoms with Crippen molar-refractivity contribution in [1.82, 2.24) is 9.94 Å². The third-order valence-electron chi connectivity index (χ3n) is 1.98. The molecule has 0 radical (unpaired) electrons. The van der Waals surface area contributed by atoms with E-state index in [1.165, 1.54) is 4.85 Å². The predicted octanol–water partition coefficient (Wildman–Crippen LogP) is 1.46. The highest BCUT2D eigenvalue weighted by molar-refractivity contribution is 5.81. The van der Waals surface area contributed by atoms with Crippen LogP contribution in [0.5, 0.6) is 0 Å². The van der Waals surface area contributed by atoms with E-state index in [1.807, 2.05) is 18.2 Å². The molecule has 2 rings (SSSR count). The molecule has 0 aliphatic rings. The van der Waals surface area contributed by atoms with Crippen molar-refractivity contribution in [3.8, 4) is 0 Å². The molecule has 0 atom stereocenters. The average Bonchev–Trinajstić information content (AvgIpc) is 2.57. The average molecular weight is 191 g/mol. The largest absolute Gasteiger partial charge is 0.399 e. The topological polar surface area (TPSA) is 53.1 Å². The summed E-state index contributed by atoms with van der Waals surface area (Å²) in [4.78, 5) is 6.95. The van der Waals surface area contributed by atoms with E-state index in [1.54, 1.807) is 6.20 Å². The molecular formula is C10H13N3O. The second kappa shape index (κ2) is 3.57. The number of rotatable bonds is 3. The summed E-state index contributed by atoms with van der Waals surface area (Å²) in [6.07, 6.45) is 2.72. The third kappa shape index (κ3) is 1.51. The van der Waals surface area contributed by atoms with Gasteiger partial charge in [0.05, 0.1) is 6.20 Å². The first kappa shape index (κ1) is 8.87. The summed E-state index contributed by atoms with van der Waals surface area (Å²) in [5.41, 5.74) is 7.35. The normalized spacial score (nSPS) is 10.6. The van der Waals surface area contributed by atoms with Crippen LogP contribution in [0, 0.1) is 0 Å². The molecule has 0 saturated carbocycles. The zero-order valence-electron chi connectivity index (χ0n) is 8.10. The van der Waals surface area contributed by atoms with Crippen molar-refractivity contribution in [3.63, 3.8) is 0 Å². The summed E-state index contributed by atoms with van der Waals surface area (Å²) >= 11 is 0. The van der Waals surface area contributed by atoms with Crippen LogP contribution in [0.15, 0.2) is 24.4 Å². The van der Waals surface area contributed by atoms with Crippen LogP contribution in [0.4, 0.5) is 5.69 Å². The van der Waals surface area contributed by atoms with Crippen molar-refractivity contribution in [2.75, 3.05) is 12.3 Å². The van der Waals surface area contributed by atoms with Gasteiger partial charge < -0.3 is 10.6 Å². The number of nitrogens with zero attached hydrogens (tertiary/aromatic N) is 2.